The van der Waals surface area contributed by atoms with E-state index in [1.807, 2.05) is 36.4 Å². The van der Waals surface area contributed by atoms with E-state index in [1.165, 1.54) is 6.08 Å². The summed E-state index contributed by atoms with van der Waals surface area (Å²) < 4.78 is 11.0. The van der Waals surface area contributed by atoms with Crippen molar-refractivity contribution in [2.45, 2.75) is 6.54 Å². The van der Waals surface area contributed by atoms with Gasteiger partial charge in [-0.25, -0.2) is 0 Å². The van der Waals surface area contributed by atoms with Crippen LogP contribution in [0, 0.1) is 11.3 Å². The highest BCUT2D eigenvalue weighted by Crippen LogP contribution is 2.38. The van der Waals surface area contributed by atoms with E-state index in [4.69, 9.17) is 21.1 Å². The van der Waals surface area contributed by atoms with E-state index in [-0.39, 0.29) is 5.57 Å². The quantitative estimate of drug-likeness (QED) is 0.675. The lowest BCUT2D eigenvalue weighted by Crippen LogP contribution is -2.23. The maximum Gasteiger partial charge on any atom is 0.262 e. The van der Waals surface area contributed by atoms with Gasteiger partial charge >= 0.3 is 0 Å². The predicted molar refractivity (Wildman–Crippen MR) is 94.3 cm³/mol. The van der Waals surface area contributed by atoms with Crippen molar-refractivity contribution in [2.24, 2.45) is 0 Å². The number of carbonyl (C=O) groups is 1. The predicted octanol–water partition coefficient (Wildman–Crippen LogP) is 3.33. The molecule has 1 aliphatic heterocycles. The van der Waals surface area contributed by atoms with Crippen molar-refractivity contribution in [3.63, 3.8) is 0 Å². The second-order valence-corrected chi connectivity index (χ2v) is 5.77. The number of hydrogen-bond acceptors (Lipinski definition) is 4. The molecule has 0 aromatic heterocycles. The van der Waals surface area contributed by atoms with E-state index >= 15 is 0 Å². The molecule has 0 atom stereocenters. The standard InChI is InChI=1S/C19H15ClN2O3/c20-16-9-14(10-17-18(16)25-7-6-24-17)8-15(11-21)19(23)22-12-13-4-2-1-3-5-13/h1-5,8-10H,6-7,12H2,(H,22,23)/b15-8+. The first-order valence-corrected chi connectivity index (χ1v) is 8.08. The van der Waals surface area contributed by atoms with E-state index in [2.05, 4.69) is 5.32 Å². The Hall–Kier alpha value is -2.97. The number of nitrogens with zero attached hydrogens (tertiary/aromatic N) is 1. The van der Waals surface area contributed by atoms with E-state index in [0.717, 1.165) is 5.56 Å². The molecule has 0 spiro atoms. The van der Waals surface area contributed by atoms with Crippen molar-refractivity contribution in [3.05, 3.63) is 64.2 Å². The number of benzene rings is 2. The van der Waals surface area contributed by atoms with Crippen molar-refractivity contribution in [2.75, 3.05) is 13.2 Å². The highest BCUT2D eigenvalue weighted by atomic mass is 35.5. The van der Waals surface area contributed by atoms with Crippen molar-refractivity contribution < 1.29 is 14.3 Å². The van der Waals surface area contributed by atoms with Crippen LogP contribution in [0.1, 0.15) is 11.1 Å². The van der Waals surface area contributed by atoms with Gasteiger partial charge in [0.15, 0.2) is 11.5 Å². The highest BCUT2D eigenvalue weighted by molar-refractivity contribution is 6.32. The van der Waals surface area contributed by atoms with Gasteiger partial charge in [-0.2, -0.15) is 5.26 Å². The van der Waals surface area contributed by atoms with E-state index in [0.29, 0.717) is 41.8 Å². The molecule has 0 saturated carbocycles. The molecule has 1 amide bonds. The minimum atomic E-state index is -0.447. The normalized spacial score (nSPS) is 13.0. The van der Waals surface area contributed by atoms with Crippen LogP contribution >= 0.6 is 11.6 Å². The molecule has 0 radical (unpaired) electrons. The lowest BCUT2D eigenvalue weighted by molar-refractivity contribution is -0.117. The molecule has 3 rings (SSSR count). The van der Waals surface area contributed by atoms with Crippen molar-refractivity contribution >= 4 is 23.6 Å². The molecule has 2 aromatic carbocycles. The number of rotatable bonds is 4. The third-order valence-electron chi connectivity index (χ3n) is 3.59. The second kappa shape index (κ2) is 7.73. The number of fused-ring (bicyclic) bond motifs is 1. The Bertz CT molecular complexity index is 857. The molecule has 1 aliphatic rings. The molecule has 0 bridgehead atoms. The van der Waals surface area contributed by atoms with Gasteiger partial charge in [0, 0.05) is 6.54 Å². The molecule has 0 unspecified atom stereocenters. The van der Waals surface area contributed by atoms with Gasteiger partial charge in [0.25, 0.3) is 5.91 Å². The molecule has 126 valence electrons. The number of halogens is 1. The van der Waals surface area contributed by atoms with E-state index in [1.54, 1.807) is 12.1 Å². The molecule has 1 N–H and O–H groups in total. The Kier molecular flexibility index (Phi) is 5.22. The maximum atomic E-state index is 12.2. The van der Waals surface area contributed by atoms with Gasteiger partial charge in [-0.3, -0.25) is 4.79 Å². The van der Waals surface area contributed by atoms with E-state index < -0.39 is 5.91 Å². The van der Waals surface area contributed by atoms with Crippen LogP contribution < -0.4 is 14.8 Å². The third-order valence-corrected chi connectivity index (χ3v) is 3.87. The fourth-order valence-electron chi connectivity index (χ4n) is 2.40. The number of ether oxygens (including phenoxy) is 2. The van der Waals surface area contributed by atoms with Crippen molar-refractivity contribution in [1.29, 1.82) is 5.26 Å². The lowest BCUT2D eigenvalue weighted by Gasteiger charge is -2.19. The molecule has 5 nitrogen and oxygen atoms in total. The zero-order valence-corrected chi connectivity index (χ0v) is 14.0. The SMILES string of the molecule is N#C/C(=C\c1cc(Cl)c2c(c1)OCCO2)C(=O)NCc1ccccc1. The molecule has 0 saturated heterocycles. The summed E-state index contributed by atoms with van der Waals surface area (Å²) in [5.74, 6) is 0.543. The largest absolute Gasteiger partial charge is 0.486 e. The maximum absolute atomic E-state index is 12.2. The molecule has 2 aromatic rings. The summed E-state index contributed by atoms with van der Waals surface area (Å²) >= 11 is 6.18. The van der Waals surface area contributed by atoms with Gasteiger partial charge in [-0.05, 0) is 29.3 Å². The fourth-order valence-corrected chi connectivity index (χ4v) is 2.68. The molecular weight excluding hydrogens is 340 g/mol. The monoisotopic (exact) mass is 354 g/mol. The van der Waals surface area contributed by atoms with Crippen LogP contribution in [0.15, 0.2) is 48.0 Å². The third kappa shape index (κ3) is 4.11. The summed E-state index contributed by atoms with van der Waals surface area (Å²) in [4.78, 5) is 12.2. The zero-order valence-electron chi connectivity index (χ0n) is 13.3. The number of nitriles is 1. The van der Waals surface area contributed by atoms with Crippen LogP contribution in [-0.4, -0.2) is 19.1 Å². The lowest BCUT2D eigenvalue weighted by atomic mass is 10.1. The Balaban J connectivity index is 1.77. The first-order valence-electron chi connectivity index (χ1n) is 7.70. The van der Waals surface area contributed by atoms with Gasteiger partial charge in [0.2, 0.25) is 0 Å². The Labute approximate surface area is 150 Å². The second-order valence-electron chi connectivity index (χ2n) is 5.37. The summed E-state index contributed by atoms with van der Waals surface area (Å²) in [6, 6.07) is 14.7. The Morgan fingerprint density at radius 2 is 2.00 bits per heavy atom. The van der Waals surface area contributed by atoms with Gasteiger partial charge in [0.05, 0.1) is 5.02 Å². The van der Waals surface area contributed by atoms with Gasteiger partial charge in [0.1, 0.15) is 24.9 Å². The first kappa shape index (κ1) is 16.9. The van der Waals surface area contributed by atoms with Crippen LogP contribution in [0.2, 0.25) is 5.02 Å². The zero-order chi connectivity index (χ0) is 17.6. The Morgan fingerprint density at radius 1 is 1.24 bits per heavy atom. The Morgan fingerprint density at radius 3 is 2.76 bits per heavy atom. The summed E-state index contributed by atoms with van der Waals surface area (Å²) in [5.41, 5.74) is 1.54. The van der Waals surface area contributed by atoms with Crippen LogP contribution in [0.25, 0.3) is 6.08 Å². The summed E-state index contributed by atoms with van der Waals surface area (Å²) in [6.07, 6.45) is 1.48. The van der Waals surface area contributed by atoms with Crippen LogP contribution in [-0.2, 0) is 11.3 Å². The van der Waals surface area contributed by atoms with Gasteiger partial charge < -0.3 is 14.8 Å². The number of nitrogens with one attached hydrogen (secondary N) is 1. The molecule has 1 heterocycles. The molecule has 6 heteroatoms. The smallest absolute Gasteiger partial charge is 0.262 e. The minimum Gasteiger partial charge on any atom is -0.486 e. The van der Waals surface area contributed by atoms with Gasteiger partial charge in [-0.1, -0.05) is 41.9 Å². The van der Waals surface area contributed by atoms with Crippen LogP contribution in [0.4, 0.5) is 0 Å². The van der Waals surface area contributed by atoms with Crippen LogP contribution in [0.5, 0.6) is 11.5 Å². The average Bonchev–Trinajstić information content (AvgIpc) is 2.65. The topological polar surface area (TPSA) is 71.3 Å². The average molecular weight is 355 g/mol. The molecule has 0 fully saturated rings. The number of amides is 1. The highest BCUT2D eigenvalue weighted by Gasteiger charge is 2.17. The van der Waals surface area contributed by atoms with Crippen molar-refractivity contribution in [1.82, 2.24) is 5.32 Å². The number of hydrogen-bond donors (Lipinski definition) is 1. The molecule has 25 heavy (non-hydrogen) atoms. The molecule has 0 aliphatic carbocycles. The minimum absolute atomic E-state index is 0.0105. The van der Waals surface area contributed by atoms with Crippen molar-refractivity contribution in [3.8, 4) is 17.6 Å². The molecular formula is C19H15ClN2O3. The first-order chi connectivity index (χ1) is 12.2. The summed E-state index contributed by atoms with van der Waals surface area (Å²) in [6.45, 7) is 1.22. The van der Waals surface area contributed by atoms with E-state index in [9.17, 15) is 10.1 Å². The van der Waals surface area contributed by atoms with Gasteiger partial charge in [-0.15, -0.1) is 0 Å². The van der Waals surface area contributed by atoms with Crippen LogP contribution in [0.3, 0.4) is 0 Å². The summed E-state index contributed by atoms with van der Waals surface area (Å²) in [7, 11) is 0. The fraction of sp³-hybridized carbons (Fsp3) is 0.158. The summed E-state index contributed by atoms with van der Waals surface area (Å²) in [5, 5.41) is 12.4. The number of carbonyl (C=O) groups excluding carboxylic acids is 1.